The van der Waals surface area contributed by atoms with E-state index < -0.39 is 0 Å². The number of pyridine rings is 1. The number of furan rings is 1. The van der Waals surface area contributed by atoms with Gasteiger partial charge in [0.1, 0.15) is 22.8 Å². The van der Waals surface area contributed by atoms with E-state index in [1.807, 2.05) is 60.8 Å². The number of ether oxygens (including phenoxy) is 2. The van der Waals surface area contributed by atoms with Crippen LogP contribution < -0.4 is 15.2 Å². The highest BCUT2D eigenvalue weighted by atomic mass is 16.5. The van der Waals surface area contributed by atoms with Crippen LogP contribution in [-0.4, -0.2) is 18.7 Å². The number of benzene rings is 2. The number of nitrogens with two attached hydrogens (primary N) is 1. The van der Waals surface area contributed by atoms with Crippen LogP contribution in [0.2, 0.25) is 0 Å². The van der Waals surface area contributed by atoms with Crippen molar-refractivity contribution in [3.8, 4) is 22.8 Å². The molecule has 0 radical (unpaired) electrons. The van der Waals surface area contributed by atoms with Gasteiger partial charge in [-0.1, -0.05) is 24.3 Å². The normalized spacial score (nSPS) is 12.1. The molecule has 0 saturated carbocycles. The molecule has 2 N–H and O–H groups in total. The smallest absolute Gasteiger partial charge is 0.142 e. The van der Waals surface area contributed by atoms with Crippen molar-refractivity contribution in [2.24, 2.45) is 5.73 Å². The lowest BCUT2D eigenvalue weighted by Crippen LogP contribution is -2.12. The minimum Gasteiger partial charge on any atom is -0.496 e. The Balaban J connectivity index is 1.50. The molecule has 5 nitrogen and oxygen atoms in total. The third kappa shape index (κ3) is 4.02. The summed E-state index contributed by atoms with van der Waals surface area (Å²) in [6, 6.07) is 17.7. The van der Waals surface area contributed by atoms with Gasteiger partial charge in [-0.05, 0) is 55.7 Å². The van der Waals surface area contributed by atoms with Gasteiger partial charge in [0.15, 0.2) is 0 Å². The van der Waals surface area contributed by atoms with Crippen molar-refractivity contribution in [2.45, 2.75) is 25.8 Å². The van der Waals surface area contributed by atoms with Gasteiger partial charge < -0.3 is 19.6 Å². The van der Waals surface area contributed by atoms with Crippen LogP contribution in [0, 0.1) is 6.92 Å². The van der Waals surface area contributed by atoms with Gasteiger partial charge in [-0.25, -0.2) is 0 Å². The zero-order valence-corrected chi connectivity index (χ0v) is 17.3. The number of fused-ring (bicyclic) bond motifs is 1. The molecule has 2 aromatic heterocycles. The molecule has 0 aliphatic carbocycles. The SMILES string of the molecule is COc1ccccc1-c1oc2cccc(OCCCC(N)c3cccnc3)c2c1C. The van der Waals surface area contributed by atoms with Crippen molar-refractivity contribution in [1.29, 1.82) is 0 Å². The number of aromatic nitrogens is 1. The standard InChI is InChI=1S/C25H26N2O3/c1-17-24-22(29-15-7-10-20(26)18-8-6-14-27-16-18)12-5-13-23(24)30-25(17)19-9-3-4-11-21(19)28-2/h3-6,8-9,11-14,16,20H,7,10,15,26H2,1-2H3. The molecule has 1 atom stereocenters. The zero-order valence-electron chi connectivity index (χ0n) is 17.3. The summed E-state index contributed by atoms with van der Waals surface area (Å²) >= 11 is 0. The summed E-state index contributed by atoms with van der Waals surface area (Å²) in [5.74, 6) is 2.41. The number of methoxy groups -OCH3 is 1. The molecule has 2 aromatic carbocycles. The number of aryl methyl sites for hydroxylation is 1. The zero-order chi connectivity index (χ0) is 20.9. The Bertz CT molecular complexity index is 1120. The quantitative estimate of drug-likeness (QED) is 0.385. The van der Waals surface area contributed by atoms with Crippen LogP contribution in [0.25, 0.3) is 22.3 Å². The van der Waals surface area contributed by atoms with Crippen LogP contribution in [0.1, 0.15) is 30.0 Å². The fourth-order valence-electron chi connectivity index (χ4n) is 3.72. The monoisotopic (exact) mass is 402 g/mol. The third-order valence-electron chi connectivity index (χ3n) is 5.30. The first-order chi connectivity index (χ1) is 14.7. The number of para-hydroxylation sites is 1. The van der Waals surface area contributed by atoms with Crippen LogP contribution in [-0.2, 0) is 0 Å². The van der Waals surface area contributed by atoms with E-state index in [4.69, 9.17) is 19.6 Å². The Morgan fingerprint density at radius 1 is 1.03 bits per heavy atom. The summed E-state index contributed by atoms with van der Waals surface area (Å²) in [5, 5.41) is 0.995. The van der Waals surface area contributed by atoms with Gasteiger partial charge in [0, 0.05) is 24.0 Å². The van der Waals surface area contributed by atoms with E-state index in [1.165, 1.54) is 0 Å². The first kappa shape index (κ1) is 20.0. The van der Waals surface area contributed by atoms with E-state index in [2.05, 4.69) is 11.9 Å². The summed E-state index contributed by atoms with van der Waals surface area (Å²) in [6.07, 6.45) is 5.26. The van der Waals surface area contributed by atoms with Crippen molar-refractivity contribution in [3.63, 3.8) is 0 Å². The lowest BCUT2D eigenvalue weighted by molar-refractivity contribution is 0.305. The van der Waals surface area contributed by atoms with E-state index in [0.29, 0.717) is 6.61 Å². The first-order valence-electron chi connectivity index (χ1n) is 10.1. The van der Waals surface area contributed by atoms with Crippen LogP contribution in [0.3, 0.4) is 0 Å². The van der Waals surface area contributed by atoms with Gasteiger partial charge >= 0.3 is 0 Å². The molecule has 4 rings (SSSR count). The molecule has 1 unspecified atom stereocenters. The first-order valence-corrected chi connectivity index (χ1v) is 10.1. The van der Waals surface area contributed by atoms with E-state index in [-0.39, 0.29) is 6.04 Å². The van der Waals surface area contributed by atoms with Gasteiger partial charge in [-0.15, -0.1) is 0 Å². The average Bonchev–Trinajstić information content (AvgIpc) is 3.14. The maximum absolute atomic E-state index is 6.26. The Morgan fingerprint density at radius 3 is 2.67 bits per heavy atom. The van der Waals surface area contributed by atoms with Crippen molar-refractivity contribution < 1.29 is 13.9 Å². The Labute approximate surface area is 176 Å². The second-order valence-electron chi connectivity index (χ2n) is 7.27. The van der Waals surface area contributed by atoms with Crippen LogP contribution in [0.15, 0.2) is 71.4 Å². The molecule has 4 aromatic rings. The molecule has 0 aliphatic heterocycles. The molecule has 5 heteroatoms. The van der Waals surface area contributed by atoms with Gasteiger partial charge in [-0.2, -0.15) is 0 Å². The minimum absolute atomic E-state index is 0.0362. The van der Waals surface area contributed by atoms with Crippen LogP contribution in [0.5, 0.6) is 11.5 Å². The van der Waals surface area contributed by atoms with Crippen molar-refractivity contribution >= 4 is 11.0 Å². The lowest BCUT2D eigenvalue weighted by Gasteiger charge is -2.12. The van der Waals surface area contributed by atoms with Gasteiger partial charge in [-0.3, -0.25) is 4.98 Å². The second-order valence-corrected chi connectivity index (χ2v) is 7.27. The highest BCUT2D eigenvalue weighted by Crippen LogP contribution is 2.41. The fraction of sp³-hybridized carbons (Fsp3) is 0.240. The molecule has 0 bridgehead atoms. The minimum atomic E-state index is -0.0362. The fourth-order valence-corrected chi connectivity index (χ4v) is 3.72. The summed E-state index contributed by atoms with van der Waals surface area (Å²) in [6.45, 7) is 2.64. The summed E-state index contributed by atoms with van der Waals surface area (Å²) in [5.41, 5.74) is 10.1. The molecule has 30 heavy (non-hydrogen) atoms. The van der Waals surface area contributed by atoms with Crippen LogP contribution >= 0.6 is 0 Å². The van der Waals surface area contributed by atoms with Gasteiger partial charge in [0.25, 0.3) is 0 Å². The highest BCUT2D eigenvalue weighted by molar-refractivity contribution is 5.93. The molecule has 0 amide bonds. The molecular formula is C25H26N2O3. The van der Waals surface area contributed by atoms with Crippen molar-refractivity contribution in [2.75, 3.05) is 13.7 Å². The molecule has 0 fully saturated rings. The highest BCUT2D eigenvalue weighted by Gasteiger charge is 2.18. The molecule has 0 saturated heterocycles. The summed E-state index contributed by atoms with van der Waals surface area (Å²) < 4.78 is 17.8. The average molecular weight is 402 g/mol. The summed E-state index contributed by atoms with van der Waals surface area (Å²) in [7, 11) is 1.67. The Kier molecular flexibility index (Phi) is 6.00. The van der Waals surface area contributed by atoms with Crippen molar-refractivity contribution in [1.82, 2.24) is 4.98 Å². The molecular weight excluding hydrogens is 376 g/mol. The lowest BCUT2D eigenvalue weighted by atomic mass is 10.0. The van der Waals surface area contributed by atoms with Gasteiger partial charge in [0.2, 0.25) is 0 Å². The van der Waals surface area contributed by atoms with Gasteiger partial charge in [0.05, 0.1) is 24.7 Å². The van der Waals surface area contributed by atoms with Crippen LogP contribution in [0.4, 0.5) is 0 Å². The topological polar surface area (TPSA) is 70.5 Å². The Hall–Kier alpha value is -3.31. The second kappa shape index (κ2) is 9.01. The molecule has 0 aliphatic rings. The van der Waals surface area contributed by atoms with E-state index in [0.717, 1.165) is 57.8 Å². The van der Waals surface area contributed by atoms with E-state index in [1.54, 1.807) is 13.3 Å². The maximum atomic E-state index is 6.26. The molecule has 154 valence electrons. The van der Waals surface area contributed by atoms with Crippen molar-refractivity contribution in [3.05, 3.63) is 78.1 Å². The predicted molar refractivity (Wildman–Crippen MR) is 119 cm³/mol. The number of nitrogens with zero attached hydrogens (tertiary/aromatic N) is 1. The number of hydrogen-bond donors (Lipinski definition) is 1. The Morgan fingerprint density at radius 2 is 1.87 bits per heavy atom. The van der Waals surface area contributed by atoms with E-state index >= 15 is 0 Å². The number of hydrogen-bond acceptors (Lipinski definition) is 5. The predicted octanol–water partition coefficient (Wildman–Crippen LogP) is 5.67. The maximum Gasteiger partial charge on any atom is 0.142 e. The third-order valence-corrected chi connectivity index (χ3v) is 5.30. The largest absolute Gasteiger partial charge is 0.496 e. The molecule has 0 spiro atoms. The summed E-state index contributed by atoms with van der Waals surface area (Å²) in [4.78, 5) is 4.13. The van der Waals surface area contributed by atoms with E-state index in [9.17, 15) is 0 Å². The number of rotatable bonds is 8. The molecule has 2 heterocycles.